The highest BCUT2D eigenvalue weighted by atomic mass is 16.4. The van der Waals surface area contributed by atoms with Crippen molar-refractivity contribution in [1.82, 2.24) is 73.0 Å². The SMILES string of the molecule is CC(C)C[C@H](NC(=O)[C@H](CO)NC(=O)[C@H](Cc1c[nH]c2ccccc12)NC(=O)[C@@H]1CCCN1C(=O)[C@H](Cc1cnc[nH]1)NC(=O)[C@@H](N)[C@@H](C)O)C(=O)N[C@@H](CCCCN)C(=O)N[C@@H](CO)C(=O)N[C@H](C(=O)N[C@@H](CO)C(=O)N[C@@H](Cc1ccccc1)C(=O)N[C@@H](Cc1ccccc1)C(=O)O)[C@@H](C)O. The third-order valence-corrected chi connectivity index (χ3v) is 17.2. The fraction of sp³-hybridized carbons (Fsp3) is 0.493. The fourth-order valence-corrected chi connectivity index (χ4v) is 11.5. The molecule has 0 unspecified atom stereocenters. The summed E-state index contributed by atoms with van der Waals surface area (Å²) in [4.78, 5) is 178. The number of benzene rings is 3. The van der Waals surface area contributed by atoms with Gasteiger partial charge in [0.1, 0.15) is 72.5 Å². The molecular weight excluding hydrogens is 1340 g/mol. The number of H-pyrrole nitrogens is 2. The van der Waals surface area contributed by atoms with Gasteiger partial charge in [-0.05, 0) is 87.6 Å². The molecule has 2 aromatic heterocycles. The van der Waals surface area contributed by atoms with E-state index in [0.717, 1.165) is 6.92 Å². The van der Waals surface area contributed by atoms with Crippen molar-refractivity contribution in [3.05, 3.63) is 126 Å². The normalized spacial score (nSPS) is 16.6. The van der Waals surface area contributed by atoms with E-state index in [1.54, 1.807) is 105 Å². The second-order valence-corrected chi connectivity index (χ2v) is 25.8. The Kier molecular flexibility index (Phi) is 32.1. The first-order chi connectivity index (χ1) is 49.2. The molecule has 34 heteroatoms. The highest BCUT2D eigenvalue weighted by molar-refractivity contribution is 6.00. The number of para-hydroxylation sites is 1. The quantitative estimate of drug-likeness (QED) is 0.0164. The molecule has 1 saturated heterocycles. The van der Waals surface area contributed by atoms with Crippen molar-refractivity contribution in [3.8, 4) is 0 Å². The first-order valence-corrected chi connectivity index (χ1v) is 34.0. The predicted molar refractivity (Wildman–Crippen MR) is 371 cm³/mol. The Morgan fingerprint density at radius 3 is 1.56 bits per heavy atom. The average Bonchev–Trinajstić information content (AvgIpc) is 1.72. The number of nitrogens with zero attached hydrogens (tertiary/aromatic N) is 2. The van der Waals surface area contributed by atoms with Crippen LogP contribution in [0.3, 0.4) is 0 Å². The van der Waals surface area contributed by atoms with E-state index in [1.807, 2.05) is 0 Å². The number of fused-ring (bicyclic) bond motifs is 1. The number of carbonyl (C=O) groups is 12. The standard InChI is InChI=1S/C69H96N16O18/c1-37(2)26-47(76-62(95)52(33-86)82-61(94)49(29-42-31-73-45-21-12-11-20-44(42)45)78-65(98)55-23-15-25-85(55)68(101)50(30-43-32-72-36-74-43)79-66(99)56(71)38(3)89)59(92)75-46(22-13-14-24-70)58(91)81-54(35-88)64(97)84-57(39(4)90)67(100)83-53(34-87)63(96)77-48(27-40-16-7-5-8-17-40)60(93)80-51(69(102)103)28-41-18-9-6-10-19-41/h5-12,16-21,31-32,36-39,46-57,73,86-90H,13-15,22-30,33-35,70-71H2,1-4H3,(H,72,74)(H,75,92)(H,76,95)(H,77,96)(H,78,98)(H,79,99)(H,80,93)(H,81,91)(H,82,94)(H,83,100)(H,84,97)(H,102,103)/t38-,39-,46+,47+,48+,49+,50+,51+,52+,53+,54+,55+,56+,57+/m1/s1. The van der Waals surface area contributed by atoms with Gasteiger partial charge in [-0.2, -0.15) is 0 Å². The van der Waals surface area contributed by atoms with Gasteiger partial charge < -0.3 is 110 Å². The van der Waals surface area contributed by atoms with Crippen LogP contribution in [0.25, 0.3) is 10.9 Å². The van der Waals surface area contributed by atoms with Crippen LogP contribution in [-0.2, 0) is 83.2 Å². The van der Waals surface area contributed by atoms with Crippen LogP contribution in [0.4, 0.5) is 0 Å². The van der Waals surface area contributed by atoms with Crippen LogP contribution in [0.15, 0.2) is 104 Å². The number of carbonyl (C=O) groups excluding carboxylic acids is 11. The number of likely N-dealkylation sites (tertiary alicyclic amines) is 1. The minimum absolute atomic E-state index is 0.0701. The van der Waals surface area contributed by atoms with Gasteiger partial charge in [0.2, 0.25) is 65.0 Å². The lowest BCUT2D eigenvalue weighted by Crippen LogP contribution is -2.63. The molecule has 1 fully saturated rings. The zero-order chi connectivity index (χ0) is 75.4. The van der Waals surface area contributed by atoms with Crippen molar-refractivity contribution in [2.45, 2.75) is 177 Å². The lowest BCUT2D eigenvalue weighted by atomic mass is 10.0. The van der Waals surface area contributed by atoms with Gasteiger partial charge in [-0.25, -0.2) is 9.78 Å². The van der Waals surface area contributed by atoms with Gasteiger partial charge in [-0.3, -0.25) is 52.7 Å². The van der Waals surface area contributed by atoms with Gasteiger partial charge in [0.15, 0.2) is 0 Å². The summed E-state index contributed by atoms with van der Waals surface area (Å²) in [5, 5.41) is 87.7. The fourth-order valence-electron chi connectivity index (χ4n) is 11.5. The summed E-state index contributed by atoms with van der Waals surface area (Å²) in [7, 11) is 0. The van der Waals surface area contributed by atoms with Gasteiger partial charge in [0.25, 0.3) is 0 Å². The zero-order valence-electron chi connectivity index (χ0n) is 57.7. The highest BCUT2D eigenvalue weighted by Gasteiger charge is 2.42. The van der Waals surface area contributed by atoms with Gasteiger partial charge >= 0.3 is 5.97 Å². The number of carboxylic acids is 1. The number of nitrogens with two attached hydrogens (primary N) is 2. The van der Waals surface area contributed by atoms with E-state index in [4.69, 9.17) is 11.5 Å². The third kappa shape index (κ3) is 24.5. The van der Waals surface area contributed by atoms with E-state index in [2.05, 4.69) is 68.1 Å². The van der Waals surface area contributed by atoms with E-state index in [9.17, 15) is 88.2 Å². The molecule has 0 radical (unpaired) electrons. The van der Waals surface area contributed by atoms with Crippen LogP contribution in [0, 0.1) is 5.92 Å². The molecule has 3 aromatic carbocycles. The number of nitrogens with one attached hydrogen (secondary N) is 12. The topological polar surface area (TPSA) is 546 Å². The molecule has 103 heavy (non-hydrogen) atoms. The molecule has 14 atom stereocenters. The smallest absolute Gasteiger partial charge is 0.326 e. The van der Waals surface area contributed by atoms with Crippen LogP contribution in [0.2, 0.25) is 0 Å². The number of amides is 11. The van der Waals surface area contributed by atoms with E-state index in [-0.39, 0.29) is 70.4 Å². The summed E-state index contributed by atoms with van der Waals surface area (Å²) in [5.41, 5.74) is 14.5. The van der Waals surface area contributed by atoms with Crippen LogP contribution in [-0.4, -0.2) is 239 Å². The minimum Gasteiger partial charge on any atom is -0.480 e. The molecular formula is C69H96N16O18. The molecule has 34 nitrogen and oxygen atoms in total. The van der Waals surface area contributed by atoms with Crippen molar-refractivity contribution in [2.75, 3.05) is 32.9 Å². The summed E-state index contributed by atoms with van der Waals surface area (Å²) in [6.45, 7) is 2.78. The van der Waals surface area contributed by atoms with Crippen LogP contribution in [0.1, 0.15) is 88.6 Å². The first kappa shape index (κ1) is 81.7. The summed E-state index contributed by atoms with van der Waals surface area (Å²) in [5.74, 6) is -12.6. The predicted octanol–water partition coefficient (Wildman–Crippen LogP) is -4.67. The van der Waals surface area contributed by atoms with Gasteiger partial charge in [0.05, 0.1) is 38.4 Å². The molecule has 3 heterocycles. The third-order valence-electron chi connectivity index (χ3n) is 17.2. The van der Waals surface area contributed by atoms with E-state index in [0.29, 0.717) is 46.1 Å². The lowest BCUT2D eigenvalue weighted by Gasteiger charge is -2.30. The number of aromatic amines is 2. The molecule has 560 valence electrons. The van der Waals surface area contributed by atoms with E-state index in [1.165, 1.54) is 24.3 Å². The average molecular weight is 1440 g/mol. The number of carboxylic acid groups (broad SMARTS) is 1. The lowest BCUT2D eigenvalue weighted by molar-refractivity contribution is -0.142. The van der Waals surface area contributed by atoms with Crippen LogP contribution >= 0.6 is 0 Å². The highest BCUT2D eigenvalue weighted by Crippen LogP contribution is 2.23. The molecule has 0 spiro atoms. The van der Waals surface area contributed by atoms with E-state index < -0.39 is 175 Å². The number of rotatable bonds is 41. The Morgan fingerprint density at radius 1 is 0.534 bits per heavy atom. The molecule has 0 aliphatic carbocycles. The van der Waals surface area contributed by atoms with Gasteiger partial charge in [-0.15, -0.1) is 0 Å². The molecule has 1 aliphatic heterocycles. The number of hydrogen-bond acceptors (Lipinski definition) is 20. The summed E-state index contributed by atoms with van der Waals surface area (Å²) < 4.78 is 0. The maximum Gasteiger partial charge on any atom is 0.326 e. The molecule has 6 rings (SSSR count). The van der Waals surface area contributed by atoms with Crippen LogP contribution < -0.4 is 64.6 Å². The minimum atomic E-state index is -1.94. The maximum atomic E-state index is 14.6. The van der Waals surface area contributed by atoms with Crippen molar-refractivity contribution in [2.24, 2.45) is 17.4 Å². The Bertz CT molecular complexity index is 3660. The molecule has 0 bridgehead atoms. The largest absolute Gasteiger partial charge is 0.480 e. The summed E-state index contributed by atoms with van der Waals surface area (Å²) in [6, 6.07) is 5.12. The zero-order valence-corrected chi connectivity index (χ0v) is 57.7. The molecule has 22 N–H and O–H groups in total. The van der Waals surface area contributed by atoms with E-state index >= 15 is 0 Å². The van der Waals surface area contributed by atoms with Gasteiger partial charge in [0, 0.05) is 61.2 Å². The Balaban J connectivity index is 1.13. The molecule has 5 aromatic rings. The Labute approximate surface area is 593 Å². The number of aliphatic hydroxyl groups excluding tert-OH is 5. The number of aliphatic carboxylic acids is 1. The van der Waals surface area contributed by atoms with Crippen LogP contribution in [0.5, 0.6) is 0 Å². The number of unbranched alkanes of at least 4 members (excludes halogenated alkanes) is 1. The number of aromatic nitrogens is 3. The Hall–Kier alpha value is -10.2. The number of imidazole rings is 1. The first-order valence-electron chi connectivity index (χ1n) is 34.0. The second kappa shape index (κ2) is 40.4. The second-order valence-electron chi connectivity index (χ2n) is 25.8. The van der Waals surface area contributed by atoms with Crippen molar-refractivity contribution in [3.63, 3.8) is 0 Å². The van der Waals surface area contributed by atoms with Crippen molar-refractivity contribution in [1.29, 1.82) is 0 Å². The maximum absolute atomic E-state index is 14.6. The monoisotopic (exact) mass is 1440 g/mol. The Morgan fingerprint density at radius 2 is 1.02 bits per heavy atom. The number of hydrogen-bond donors (Lipinski definition) is 20. The van der Waals surface area contributed by atoms with Gasteiger partial charge in [-0.1, -0.05) is 92.7 Å². The summed E-state index contributed by atoms with van der Waals surface area (Å²) >= 11 is 0. The van der Waals surface area contributed by atoms with Crippen molar-refractivity contribution >= 4 is 81.9 Å². The molecule has 11 amide bonds. The molecule has 0 saturated carbocycles. The molecule has 1 aliphatic rings. The van der Waals surface area contributed by atoms with Crippen molar-refractivity contribution < 1.29 is 88.2 Å². The number of aliphatic hydroxyl groups is 5. The summed E-state index contributed by atoms with van der Waals surface area (Å²) in [6.07, 6.45) is 1.62.